The number of nitrogens with zero attached hydrogens (tertiary/aromatic N) is 3. The molecular formula is C23H32N4O3. The molecule has 0 radical (unpaired) electrons. The number of methoxy groups -OCH3 is 1. The van der Waals surface area contributed by atoms with E-state index in [1.807, 2.05) is 30.3 Å². The predicted octanol–water partition coefficient (Wildman–Crippen LogP) is 2.74. The Morgan fingerprint density at radius 1 is 1.23 bits per heavy atom. The van der Waals surface area contributed by atoms with Crippen LogP contribution in [-0.2, 0) is 4.74 Å². The second-order valence-electron chi connectivity index (χ2n) is 7.22. The number of anilines is 1. The van der Waals surface area contributed by atoms with Crippen molar-refractivity contribution in [2.45, 2.75) is 19.9 Å². The number of morpholine rings is 1. The van der Waals surface area contributed by atoms with Gasteiger partial charge in [-0.1, -0.05) is 26.0 Å². The lowest BCUT2D eigenvalue weighted by atomic mass is 10.0. The molecule has 1 aliphatic heterocycles. The van der Waals surface area contributed by atoms with Crippen LogP contribution < -0.4 is 15.0 Å². The average Bonchev–Trinajstić information content (AvgIpc) is 2.82. The van der Waals surface area contributed by atoms with Crippen LogP contribution in [0.3, 0.4) is 0 Å². The minimum atomic E-state index is -0.162. The molecule has 7 nitrogen and oxygen atoms in total. The van der Waals surface area contributed by atoms with Crippen LogP contribution in [0.2, 0.25) is 0 Å². The van der Waals surface area contributed by atoms with Crippen LogP contribution in [0, 0.1) is 0 Å². The van der Waals surface area contributed by atoms with Gasteiger partial charge in [-0.15, -0.1) is 0 Å². The van der Waals surface area contributed by atoms with Crippen LogP contribution >= 0.6 is 0 Å². The molecule has 0 saturated carbocycles. The van der Waals surface area contributed by atoms with Crippen molar-refractivity contribution in [1.29, 1.82) is 0 Å². The average molecular weight is 413 g/mol. The third-order valence-electron chi connectivity index (χ3n) is 5.54. The Balaban J connectivity index is 1.72. The van der Waals surface area contributed by atoms with Gasteiger partial charge in [0.15, 0.2) is 0 Å². The van der Waals surface area contributed by atoms with Crippen molar-refractivity contribution in [2.24, 2.45) is 0 Å². The summed E-state index contributed by atoms with van der Waals surface area (Å²) in [6, 6.07) is 11.9. The summed E-state index contributed by atoms with van der Waals surface area (Å²) in [7, 11) is 1.67. The van der Waals surface area contributed by atoms with Gasteiger partial charge in [0.05, 0.1) is 26.4 Å². The first kappa shape index (κ1) is 22.1. The lowest BCUT2D eigenvalue weighted by Crippen LogP contribution is -2.38. The SMILES string of the molecule is CCN(CC)C(CNC(=O)c1cc(N2CCOCC2)ccn1)c1cccc(OC)c1. The van der Waals surface area contributed by atoms with Crippen molar-refractivity contribution in [2.75, 3.05) is 57.9 Å². The molecule has 1 aromatic heterocycles. The van der Waals surface area contributed by atoms with Gasteiger partial charge in [-0.3, -0.25) is 14.7 Å². The number of hydrogen-bond acceptors (Lipinski definition) is 6. The highest BCUT2D eigenvalue weighted by Crippen LogP contribution is 2.24. The van der Waals surface area contributed by atoms with Crippen LogP contribution in [0.15, 0.2) is 42.6 Å². The second-order valence-corrected chi connectivity index (χ2v) is 7.22. The smallest absolute Gasteiger partial charge is 0.270 e. The number of pyridine rings is 1. The molecule has 1 amide bonds. The van der Waals surface area contributed by atoms with Crippen LogP contribution in [0.1, 0.15) is 35.9 Å². The molecule has 7 heteroatoms. The number of hydrogen-bond donors (Lipinski definition) is 1. The van der Waals surface area contributed by atoms with E-state index in [1.165, 1.54) is 0 Å². The summed E-state index contributed by atoms with van der Waals surface area (Å²) in [5.41, 5.74) is 2.56. The van der Waals surface area contributed by atoms with Gasteiger partial charge < -0.3 is 19.7 Å². The summed E-state index contributed by atoms with van der Waals surface area (Å²) >= 11 is 0. The fraction of sp³-hybridized carbons (Fsp3) is 0.478. The number of benzene rings is 1. The van der Waals surface area contributed by atoms with Gasteiger partial charge >= 0.3 is 0 Å². The third-order valence-corrected chi connectivity index (χ3v) is 5.54. The molecular weight excluding hydrogens is 380 g/mol. The van der Waals surface area contributed by atoms with Crippen molar-refractivity contribution in [1.82, 2.24) is 15.2 Å². The van der Waals surface area contributed by atoms with E-state index in [4.69, 9.17) is 9.47 Å². The number of ether oxygens (including phenoxy) is 2. The molecule has 0 bridgehead atoms. The molecule has 1 unspecified atom stereocenters. The van der Waals surface area contributed by atoms with Crippen LogP contribution in [-0.4, -0.2) is 68.8 Å². The molecule has 30 heavy (non-hydrogen) atoms. The molecule has 2 aromatic rings. The first-order chi connectivity index (χ1) is 14.7. The predicted molar refractivity (Wildman–Crippen MR) is 118 cm³/mol. The summed E-state index contributed by atoms with van der Waals surface area (Å²) in [5, 5.41) is 3.09. The van der Waals surface area contributed by atoms with E-state index in [9.17, 15) is 4.79 Å². The Morgan fingerprint density at radius 3 is 2.70 bits per heavy atom. The fourth-order valence-electron chi connectivity index (χ4n) is 3.81. The number of likely N-dealkylation sites (N-methyl/N-ethyl adjacent to an activating group) is 1. The highest BCUT2D eigenvalue weighted by atomic mass is 16.5. The number of carbonyl (C=O) groups excluding carboxylic acids is 1. The van der Waals surface area contributed by atoms with E-state index in [2.05, 4.69) is 40.0 Å². The Bertz CT molecular complexity index is 820. The normalized spacial score (nSPS) is 15.1. The maximum Gasteiger partial charge on any atom is 0.270 e. The first-order valence-corrected chi connectivity index (χ1v) is 10.6. The topological polar surface area (TPSA) is 66.9 Å². The molecule has 1 aliphatic rings. The van der Waals surface area contributed by atoms with E-state index in [0.29, 0.717) is 25.5 Å². The lowest BCUT2D eigenvalue weighted by Gasteiger charge is -2.30. The molecule has 1 aromatic carbocycles. The number of aromatic nitrogens is 1. The maximum absolute atomic E-state index is 12.9. The second kappa shape index (κ2) is 10.9. The van der Waals surface area contributed by atoms with Crippen molar-refractivity contribution in [3.8, 4) is 5.75 Å². The van der Waals surface area contributed by atoms with E-state index < -0.39 is 0 Å². The maximum atomic E-state index is 12.9. The summed E-state index contributed by atoms with van der Waals surface area (Å²) in [4.78, 5) is 21.7. The Kier molecular flexibility index (Phi) is 8.04. The van der Waals surface area contributed by atoms with E-state index in [0.717, 1.165) is 43.2 Å². The minimum Gasteiger partial charge on any atom is -0.497 e. The van der Waals surface area contributed by atoms with Crippen molar-refractivity contribution >= 4 is 11.6 Å². The first-order valence-electron chi connectivity index (χ1n) is 10.6. The van der Waals surface area contributed by atoms with Gasteiger partial charge in [0.1, 0.15) is 11.4 Å². The molecule has 1 saturated heterocycles. The Hall–Kier alpha value is -2.64. The van der Waals surface area contributed by atoms with Crippen LogP contribution in [0.4, 0.5) is 5.69 Å². The monoisotopic (exact) mass is 412 g/mol. The van der Waals surface area contributed by atoms with Crippen molar-refractivity contribution in [3.63, 3.8) is 0 Å². The summed E-state index contributed by atoms with van der Waals surface area (Å²) in [6.45, 7) is 9.59. The summed E-state index contributed by atoms with van der Waals surface area (Å²) < 4.78 is 10.8. The molecule has 2 heterocycles. The summed E-state index contributed by atoms with van der Waals surface area (Å²) in [6.07, 6.45) is 1.70. The Labute approximate surface area is 179 Å². The largest absolute Gasteiger partial charge is 0.497 e. The van der Waals surface area contributed by atoms with Gasteiger partial charge in [-0.05, 0) is 42.9 Å². The minimum absolute atomic E-state index is 0.0569. The molecule has 0 aliphatic carbocycles. The van der Waals surface area contributed by atoms with E-state index in [1.54, 1.807) is 13.3 Å². The molecule has 1 N–H and O–H groups in total. The Morgan fingerprint density at radius 2 is 2.00 bits per heavy atom. The van der Waals surface area contributed by atoms with Crippen molar-refractivity contribution in [3.05, 3.63) is 53.9 Å². The van der Waals surface area contributed by atoms with Crippen molar-refractivity contribution < 1.29 is 14.3 Å². The highest BCUT2D eigenvalue weighted by Gasteiger charge is 2.21. The summed E-state index contributed by atoms with van der Waals surface area (Å²) in [5.74, 6) is 0.654. The zero-order valence-electron chi connectivity index (χ0n) is 18.1. The van der Waals surface area contributed by atoms with E-state index >= 15 is 0 Å². The number of amides is 1. The van der Waals surface area contributed by atoms with Gasteiger partial charge in [-0.2, -0.15) is 0 Å². The zero-order valence-corrected chi connectivity index (χ0v) is 18.1. The third kappa shape index (κ3) is 5.49. The molecule has 3 rings (SSSR count). The van der Waals surface area contributed by atoms with Gasteiger partial charge in [0, 0.05) is 31.5 Å². The number of nitrogens with one attached hydrogen (secondary N) is 1. The fourth-order valence-corrected chi connectivity index (χ4v) is 3.81. The quantitative estimate of drug-likeness (QED) is 0.683. The molecule has 1 atom stereocenters. The van der Waals surface area contributed by atoms with Crippen LogP contribution in [0.5, 0.6) is 5.75 Å². The zero-order chi connectivity index (χ0) is 21.3. The standard InChI is InChI=1S/C23H32N4O3/c1-4-26(5-2)22(18-7-6-8-20(15-18)29-3)17-25-23(28)21-16-19(9-10-24-21)27-11-13-30-14-12-27/h6-10,15-16,22H,4-5,11-14,17H2,1-3H3,(H,25,28). The molecule has 162 valence electrons. The van der Waals surface area contributed by atoms with Gasteiger partial charge in [-0.25, -0.2) is 0 Å². The lowest BCUT2D eigenvalue weighted by molar-refractivity contribution is 0.0930. The van der Waals surface area contributed by atoms with Gasteiger partial charge in [0.2, 0.25) is 0 Å². The number of carbonyl (C=O) groups is 1. The van der Waals surface area contributed by atoms with E-state index in [-0.39, 0.29) is 11.9 Å². The van der Waals surface area contributed by atoms with Crippen LogP contribution in [0.25, 0.3) is 0 Å². The highest BCUT2D eigenvalue weighted by molar-refractivity contribution is 5.93. The number of rotatable bonds is 9. The molecule has 1 fully saturated rings. The molecule has 0 spiro atoms. The van der Waals surface area contributed by atoms with Gasteiger partial charge in [0.25, 0.3) is 5.91 Å².